The number of anilines is 2. The normalized spacial score (nSPS) is 15.8. The second-order valence-electron chi connectivity index (χ2n) is 6.96. The number of carbonyl (C=O) groups is 2. The van der Waals surface area contributed by atoms with E-state index in [0.717, 1.165) is 24.1 Å². The fourth-order valence-corrected chi connectivity index (χ4v) is 5.40. The lowest BCUT2D eigenvalue weighted by atomic mass is 10.0. The fourth-order valence-electron chi connectivity index (χ4n) is 3.58. The summed E-state index contributed by atoms with van der Waals surface area (Å²) in [7, 11) is -3.82. The lowest BCUT2D eigenvalue weighted by Crippen LogP contribution is -2.36. The molecule has 1 N–H and O–H groups in total. The molecule has 0 spiro atoms. The minimum absolute atomic E-state index is 0.0229. The van der Waals surface area contributed by atoms with Crippen LogP contribution in [0, 0.1) is 0 Å². The van der Waals surface area contributed by atoms with Crippen LogP contribution in [-0.4, -0.2) is 39.1 Å². The lowest BCUT2D eigenvalue weighted by Gasteiger charge is -2.29. The number of aryl methyl sites for hydroxylation is 1. The number of ether oxygens (including phenoxy) is 1. The second kappa shape index (κ2) is 7.68. The van der Waals surface area contributed by atoms with Crippen molar-refractivity contribution in [3.63, 3.8) is 0 Å². The van der Waals surface area contributed by atoms with Gasteiger partial charge in [0.1, 0.15) is 5.75 Å². The van der Waals surface area contributed by atoms with Crippen LogP contribution in [0.1, 0.15) is 18.4 Å². The number of carbonyl (C=O) groups excluding carboxylic acids is 2. The highest BCUT2D eigenvalue weighted by molar-refractivity contribution is 7.91. The summed E-state index contributed by atoms with van der Waals surface area (Å²) >= 11 is 6.14. The molecule has 2 aliphatic rings. The van der Waals surface area contributed by atoms with Crippen molar-refractivity contribution in [1.29, 1.82) is 0 Å². The largest absolute Gasteiger partial charge is 0.482 e. The van der Waals surface area contributed by atoms with Gasteiger partial charge in [-0.05, 0) is 30.5 Å². The first kappa shape index (κ1) is 19.7. The number of para-hydroxylation sites is 1. The number of rotatable bonds is 4. The Kier molecular flexibility index (Phi) is 5.23. The van der Waals surface area contributed by atoms with Gasteiger partial charge in [-0.2, -0.15) is 0 Å². The van der Waals surface area contributed by atoms with Crippen molar-refractivity contribution < 1.29 is 22.7 Å². The Morgan fingerprint density at radius 3 is 2.86 bits per heavy atom. The number of hydrogen-bond donors (Lipinski definition) is 1. The van der Waals surface area contributed by atoms with Crippen LogP contribution in [0.4, 0.5) is 11.4 Å². The fraction of sp³-hybridized carbons (Fsp3) is 0.300. The highest BCUT2D eigenvalue weighted by atomic mass is 35.5. The van der Waals surface area contributed by atoms with Crippen molar-refractivity contribution in [1.82, 2.24) is 0 Å². The molecule has 7 nitrogen and oxygen atoms in total. The number of sulfone groups is 1. The molecule has 0 aromatic heterocycles. The molecule has 0 aliphatic carbocycles. The van der Waals surface area contributed by atoms with E-state index in [2.05, 4.69) is 5.32 Å². The van der Waals surface area contributed by atoms with Gasteiger partial charge < -0.3 is 15.0 Å². The van der Waals surface area contributed by atoms with E-state index in [-0.39, 0.29) is 46.3 Å². The summed E-state index contributed by atoms with van der Waals surface area (Å²) in [5.41, 5.74) is 2.26. The number of benzene rings is 2. The maximum Gasteiger partial charge on any atom is 0.262 e. The summed E-state index contributed by atoms with van der Waals surface area (Å²) < 4.78 is 31.0. The molecular weight excluding hydrogens is 416 g/mol. The highest BCUT2D eigenvalue weighted by Crippen LogP contribution is 2.36. The molecule has 152 valence electrons. The molecule has 0 fully saturated rings. The summed E-state index contributed by atoms with van der Waals surface area (Å²) in [5, 5.41) is 2.56. The first-order valence-electron chi connectivity index (χ1n) is 9.22. The lowest BCUT2D eigenvalue weighted by molar-refractivity contribution is -0.119. The summed E-state index contributed by atoms with van der Waals surface area (Å²) in [6, 6.07) is 10.3. The van der Waals surface area contributed by atoms with Crippen molar-refractivity contribution in [2.45, 2.75) is 24.2 Å². The molecule has 2 aromatic rings. The van der Waals surface area contributed by atoms with E-state index < -0.39 is 9.84 Å². The van der Waals surface area contributed by atoms with Gasteiger partial charge in [-0.3, -0.25) is 9.59 Å². The van der Waals surface area contributed by atoms with Crippen molar-refractivity contribution >= 4 is 44.6 Å². The zero-order valence-electron chi connectivity index (χ0n) is 15.5. The van der Waals surface area contributed by atoms with Crippen molar-refractivity contribution in [2.24, 2.45) is 0 Å². The molecule has 2 aliphatic heterocycles. The first-order valence-corrected chi connectivity index (χ1v) is 11.3. The van der Waals surface area contributed by atoms with Crippen LogP contribution in [-0.2, 0) is 25.8 Å². The highest BCUT2D eigenvalue weighted by Gasteiger charge is 2.27. The summed E-state index contributed by atoms with van der Waals surface area (Å²) in [4.78, 5) is 25.7. The molecule has 0 saturated heterocycles. The number of nitrogens with zero attached hydrogens (tertiary/aromatic N) is 1. The van der Waals surface area contributed by atoms with Crippen LogP contribution < -0.4 is 15.0 Å². The second-order valence-corrected chi connectivity index (χ2v) is 9.45. The average Bonchev–Trinajstić information content (AvgIpc) is 2.71. The Morgan fingerprint density at radius 2 is 2.03 bits per heavy atom. The van der Waals surface area contributed by atoms with E-state index in [9.17, 15) is 18.0 Å². The van der Waals surface area contributed by atoms with Gasteiger partial charge in [0.25, 0.3) is 5.91 Å². The zero-order chi connectivity index (χ0) is 20.6. The maximum absolute atomic E-state index is 12.8. The Bertz CT molecular complexity index is 1100. The van der Waals surface area contributed by atoms with Gasteiger partial charge in [-0.1, -0.05) is 29.8 Å². The van der Waals surface area contributed by atoms with Crippen LogP contribution in [0.25, 0.3) is 0 Å². The molecule has 0 bridgehead atoms. The molecule has 29 heavy (non-hydrogen) atoms. The molecule has 0 saturated carbocycles. The minimum atomic E-state index is -3.82. The van der Waals surface area contributed by atoms with Crippen molar-refractivity contribution in [2.75, 3.05) is 29.1 Å². The van der Waals surface area contributed by atoms with Gasteiger partial charge in [0, 0.05) is 24.7 Å². The third-order valence-electron chi connectivity index (χ3n) is 5.00. The van der Waals surface area contributed by atoms with Gasteiger partial charge in [0.15, 0.2) is 16.4 Å². The predicted molar refractivity (Wildman–Crippen MR) is 109 cm³/mol. The summed E-state index contributed by atoms with van der Waals surface area (Å²) in [6.45, 7) is 0.379. The van der Waals surface area contributed by atoms with E-state index in [1.54, 1.807) is 4.90 Å². The number of fused-ring (bicyclic) bond motifs is 2. The Balaban J connectivity index is 1.52. The Hall–Kier alpha value is -2.58. The topological polar surface area (TPSA) is 92.8 Å². The van der Waals surface area contributed by atoms with E-state index in [1.165, 1.54) is 12.1 Å². The quantitative estimate of drug-likeness (QED) is 0.798. The van der Waals surface area contributed by atoms with Gasteiger partial charge in [0.05, 0.1) is 21.4 Å². The Morgan fingerprint density at radius 1 is 1.24 bits per heavy atom. The molecular formula is C20H19ClN2O5S. The summed E-state index contributed by atoms with van der Waals surface area (Å²) in [5.74, 6) is -0.700. The number of halogens is 1. The van der Waals surface area contributed by atoms with Crippen LogP contribution in [0.15, 0.2) is 41.3 Å². The predicted octanol–water partition coefficient (Wildman–Crippen LogP) is 2.81. The van der Waals surface area contributed by atoms with E-state index in [0.29, 0.717) is 12.2 Å². The number of hydrogen-bond acceptors (Lipinski definition) is 5. The Labute approximate surface area is 173 Å². The van der Waals surface area contributed by atoms with Gasteiger partial charge >= 0.3 is 0 Å². The first-order chi connectivity index (χ1) is 13.8. The van der Waals surface area contributed by atoms with Gasteiger partial charge in [-0.15, -0.1) is 0 Å². The van der Waals surface area contributed by atoms with Gasteiger partial charge in [-0.25, -0.2) is 8.42 Å². The van der Waals surface area contributed by atoms with Gasteiger partial charge in [0.2, 0.25) is 5.91 Å². The van der Waals surface area contributed by atoms with Crippen LogP contribution in [0.5, 0.6) is 5.75 Å². The zero-order valence-corrected chi connectivity index (χ0v) is 17.1. The molecule has 2 amide bonds. The van der Waals surface area contributed by atoms with Crippen LogP contribution >= 0.6 is 11.6 Å². The van der Waals surface area contributed by atoms with Crippen LogP contribution in [0.3, 0.4) is 0 Å². The smallest absolute Gasteiger partial charge is 0.262 e. The van der Waals surface area contributed by atoms with Crippen molar-refractivity contribution in [3.8, 4) is 5.75 Å². The molecule has 0 unspecified atom stereocenters. The van der Waals surface area contributed by atoms with Crippen molar-refractivity contribution in [3.05, 3.63) is 47.0 Å². The minimum Gasteiger partial charge on any atom is -0.482 e. The number of nitrogens with one attached hydrogen (secondary N) is 1. The maximum atomic E-state index is 12.8. The van der Waals surface area contributed by atoms with E-state index >= 15 is 0 Å². The summed E-state index contributed by atoms with van der Waals surface area (Å²) in [6.07, 6.45) is 1.59. The van der Waals surface area contributed by atoms with E-state index in [1.807, 2.05) is 24.3 Å². The third-order valence-corrected chi connectivity index (χ3v) is 7.17. The molecule has 2 heterocycles. The van der Waals surface area contributed by atoms with Crippen LogP contribution in [0.2, 0.25) is 5.02 Å². The molecule has 9 heteroatoms. The average molecular weight is 435 g/mol. The SMILES string of the molecule is O=C1COc2cc(S(=O)(=O)CCC(=O)N3CCCc4ccccc43)c(Cl)cc2N1. The molecule has 4 rings (SSSR count). The molecule has 0 atom stereocenters. The molecule has 2 aromatic carbocycles. The number of amides is 2. The standard InChI is InChI=1S/C20H19ClN2O5S/c21-14-10-15-17(28-12-19(24)22-15)11-18(14)29(26,27)9-7-20(25)23-8-3-5-13-4-1-2-6-16(13)23/h1-2,4,6,10-11H,3,5,7-9,12H2,(H,22,24). The monoisotopic (exact) mass is 434 g/mol. The third kappa shape index (κ3) is 3.95. The van der Waals surface area contributed by atoms with E-state index in [4.69, 9.17) is 16.3 Å². The molecule has 0 radical (unpaired) electrons.